The maximum absolute atomic E-state index is 12.3. The number of benzene rings is 2. The van der Waals surface area contributed by atoms with Crippen LogP contribution in [-0.4, -0.2) is 52.5 Å². The Hall–Kier alpha value is -3.09. The summed E-state index contributed by atoms with van der Waals surface area (Å²) in [6.07, 6.45) is 0.922. The van der Waals surface area contributed by atoms with E-state index in [1.54, 1.807) is 0 Å². The van der Waals surface area contributed by atoms with Crippen LogP contribution in [0.1, 0.15) is 20.7 Å². The Morgan fingerprint density at radius 1 is 0.931 bits per heavy atom. The average molecular weight is 438 g/mol. The van der Waals surface area contributed by atoms with E-state index in [0.717, 1.165) is 18.4 Å². The Labute approximate surface area is 166 Å². The van der Waals surface area contributed by atoms with Crippen LogP contribution in [0.3, 0.4) is 0 Å². The monoisotopic (exact) mass is 438 g/mol. The van der Waals surface area contributed by atoms with Gasteiger partial charge in [0.15, 0.2) is 9.84 Å². The summed E-state index contributed by atoms with van der Waals surface area (Å²) in [5.41, 5.74) is 0.118. The third kappa shape index (κ3) is 4.18. The maximum Gasteiger partial charge on any atom is 0.347 e. The van der Waals surface area contributed by atoms with Crippen LogP contribution in [0.4, 0.5) is 0 Å². The average Bonchev–Trinajstić information content (AvgIpc) is 2.91. The largest absolute Gasteiger partial charge is 0.347 e. The van der Waals surface area contributed by atoms with E-state index in [0.29, 0.717) is 0 Å². The number of amides is 2. The molecule has 1 aliphatic heterocycles. The third-order valence-corrected chi connectivity index (χ3v) is 6.41. The molecule has 0 atom stereocenters. The standard InChI is InChI=1S/C17H14N2O8S2/c1-28(23,24)11-5-4-6-12(9-11)29(25,26)18-10-15(20)27-19-16(21)13-7-2-3-8-14(13)17(19)22/h2-9,18H,10H2,1H3. The fourth-order valence-corrected chi connectivity index (χ4v) is 4.25. The lowest BCUT2D eigenvalue weighted by molar-refractivity contribution is -0.166. The molecule has 1 N–H and O–H groups in total. The van der Waals surface area contributed by atoms with E-state index in [-0.39, 0.29) is 26.0 Å². The smallest absolute Gasteiger partial charge is 0.328 e. The molecule has 2 amide bonds. The summed E-state index contributed by atoms with van der Waals surface area (Å²) >= 11 is 0. The van der Waals surface area contributed by atoms with Gasteiger partial charge < -0.3 is 4.84 Å². The number of nitrogens with zero attached hydrogens (tertiary/aromatic N) is 1. The molecule has 2 aromatic rings. The highest BCUT2D eigenvalue weighted by molar-refractivity contribution is 7.91. The van der Waals surface area contributed by atoms with Crippen LogP contribution < -0.4 is 4.72 Å². The number of nitrogens with one attached hydrogen (secondary N) is 1. The highest BCUT2D eigenvalue weighted by Crippen LogP contribution is 2.22. The van der Waals surface area contributed by atoms with Crippen LogP contribution in [0.15, 0.2) is 58.3 Å². The second-order valence-corrected chi connectivity index (χ2v) is 9.77. The Kier molecular flexibility index (Phi) is 5.26. The van der Waals surface area contributed by atoms with Crippen LogP contribution in [0, 0.1) is 0 Å². The van der Waals surface area contributed by atoms with Crippen molar-refractivity contribution < 1.29 is 36.1 Å². The van der Waals surface area contributed by atoms with Crippen molar-refractivity contribution in [3.8, 4) is 0 Å². The Morgan fingerprint density at radius 3 is 2.03 bits per heavy atom. The van der Waals surface area contributed by atoms with Crippen molar-refractivity contribution in [3.05, 3.63) is 59.7 Å². The fraction of sp³-hybridized carbons (Fsp3) is 0.118. The van der Waals surface area contributed by atoms with Gasteiger partial charge in [0.1, 0.15) is 6.54 Å². The van der Waals surface area contributed by atoms with Crippen molar-refractivity contribution in [1.82, 2.24) is 9.79 Å². The first-order valence-electron chi connectivity index (χ1n) is 7.99. The number of rotatable bonds is 6. The lowest BCUT2D eigenvalue weighted by Gasteiger charge is -2.13. The number of hydroxylamine groups is 2. The SMILES string of the molecule is CS(=O)(=O)c1cccc(S(=O)(=O)NCC(=O)ON2C(=O)c3ccccc3C2=O)c1. The Balaban J connectivity index is 1.68. The van der Waals surface area contributed by atoms with Crippen molar-refractivity contribution in [3.63, 3.8) is 0 Å². The van der Waals surface area contributed by atoms with Crippen molar-refractivity contribution in [2.24, 2.45) is 0 Å². The first-order valence-corrected chi connectivity index (χ1v) is 11.4. The van der Waals surface area contributed by atoms with Crippen LogP contribution in [-0.2, 0) is 29.5 Å². The molecule has 0 aliphatic carbocycles. The number of carbonyl (C=O) groups is 3. The van der Waals surface area contributed by atoms with Crippen LogP contribution in [0.2, 0.25) is 0 Å². The van der Waals surface area contributed by atoms with E-state index < -0.39 is 44.2 Å². The molecule has 0 aromatic heterocycles. The Bertz CT molecular complexity index is 1200. The summed E-state index contributed by atoms with van der Waals surface area (Å²) in [5, 5.41) is 0.256. The first kappa shape index (κ1) is 20.6. The molecule has 0 saturated heterocycles. The van der Waals surface area contributed by atoms with E-state index in [1.165, 1.54) is 36.4 Å². The molecule has 0 bridgehead atoms. The molecular weight excluding hydrogens is 424 g/mol. The zero-order valence-electron chi connectivity index (χ0n) is 14.9. The quantitative estimate of drug-likeness (QED) is 0.627. The van der Waals surface area contributed by atoms with Gasteiger partial charge in [-0.1, -0.05) is 23.3 Å². The molecule has 0 radical (unpaired) electrons. The molecule has 152 valence electrons. The van der Waals surface area contributed by atoms with Crippen LogP contribution >= 0.6 is 0 Å². The van der Waals surface area contributed by atoms with E-state index >= 15 is 0 Å². The van der Waals surface area contributed by atoms with Gasteiger partial charge in [-0.05, 0) is 30.3 Å². The maximum atomic E-state index is 12.3. The summed E-state index contributed by atoms with van der Waals surface area (Å²) in [5.74, 6) is -2.90. The summed E-state index contributed by atoms with van der Waals surface area (Å²) in [6.45, 7) is -0.890. The van der Waals surface area contributed by atoms with Crippen molar-refractivity contribution in [2.75, 3.05) is 12.8 Å². The third-order valence-electron chi connectivity index (χ3n) is 3.90. The van der Waals surface area contributed by atoms with Gasteiger partial charge >= 0.3 is 5.97 Å². The number of hydrogen-bond acceptors (Lipinski definition) is 8. The zero-order valence-corrected chi connectivity index (χ0v) is 16.5. The molecule has 3 rings (SSSR count). The van der Waals surface area contributed by atoms with E-state index in [1.807, 2.05) is 4.72 Å². The summed E-state index contributed by atoms with van der Waals surface area (Å²) in [7, 11) is -7.89. The molecule has 0 saturated carbocycles. The first-order chi connectivity index (χ1) is 13.5. The minimum absolute atomic E-state index is 0.0588. The second kappa shape index (κ2) is 7.39. The summed E-state index contributed by atoms with van der Waals surface area (Å²) in [6, 6.07) is 10.4. The number of imide groups is 1. The number of sulfonamides is 1. The number of sulfone groups is 1. The van der Waals surface area contributed by atoms with Gasteiger partial charge in [0, 0.05) is 6.26 Å². The van der Waals surface area contributed by atoms with E-state index in [4.69, 9.17) is 4.84 Å². The molecule has 2 aromatic carbocycles. The van der Waals surface area contributed by atoms with Gasteiger partial charge in [-0.2, -0.15) is 4.72 Å². The fourth-order valence-electron chi connectivity index (χ4n) is 2.49. The lowest BCUT2D eigenvalue weighted by Crippen LogP contribution is -2.38. The van der Waals surface area contributed by atoms with Crippen molar-refractivity contribution in [1.29, 1.82) is 0 Å². The summed E-state index contributed by atoms with van der Waals surface area (Å²) < 4.78 is 49.7. The van der Waals surface area contributed by atoms with Gasteiger partial charge in [0.05, 0.1) is 20.9 Å². The molecule has 1 aliphatic rings. The minimum Gasteiger partial charge on any atom is -0.328 e. The number of hydrogen-bond donors (Lipinski definition) is 1. The minimum atomic E-state index is -4.26. The van der Waals surface area contributed by atoms with Crippen molar-refractivity contribution in [2.45, 2.75) is 9.79 Å². The van der Waals surface area contributed by atoms with Gasteiger partial charge in [-0.15, -0.1) is 0 Å². The highest BCUT2D eigenvalue weighted by atomic mass is 32.2. The summed E-state index contributed by atoms with van der Waals surface area (Å²) in [4.78, 5) is 40.3. The van der Waals surface area contributed by atoms with Crippen LogP contribution in [0.25, 0.3) is 0 Å². The van der Waals surface area contributed by atoms with Crippen molar-refractivity contribution >= 4 is 37.6 Å². The second-order valence-electron chi connectivity index (χ2n) is 5.99. The molecule has 29 heavy (non-hydrogen) atoms. The molecule has 10 nitrogen and oxygen atoms in total. The molecular formula is C17H14N2O8S2. The number of carbonyl (C=O) groups excluding carboxylic acids is 3. The topological polar surface area (TPSA) is 144 Å². The predicted molar refractivity (Wildman–Crippen MR) is 97.8 cm³/mol. The molecule has 0 fully saturated rings. The highest BCUT2D eigenvalue weighted by Gasteiger charge is 2.38. The number of fused-ring (bicyclic) bond motifs is 1. The zero-order chi connectivity index (χ0) is 21.4. The van der Waals surface area contributed by atoms with Gasteiger partial charge in [0.25, 0.3) is 11.8 Å². The molecule has 0 spiro atoms. The van der Waals surface area contributed by atoms with Crippen LogP contribution in [0.5, 0.6) is 0 Å². The normalized spacial score (nSPS) is 14.0. The van der Waals surface area contributed by atoms with Gasteiger partial charge in [0.2, 0.25) is 10.0 Å². The molecule has 0 unspecified atom stereocenters. The van der Waals surface area contributed by atoms with Gasteiger partial charge in [-0.3, -0.25) is 9.59 Å². The Morgan fingerprint density at radius 2 is 1.48 bits per heavy atom. The molecule has 12 heteroatoms. The van der Waals surface area contributed by atoms with Gasteiger partial charge in [-0.25, -0.2) is 21.6 Å². The lowest BCUT2D eigenvalue weighted by atomic mass is 10.1. The molecule has 1 heterocycles. The van der Waals surface area contributed by atoms with E-state index in [9.17, 15) is 31.2 Å². The van der Waals surface area contributed by atoms with E-state index in [2.05, 4.69) is 0 Å². The predicted octanol–water partition coefficient (Wildman–Crippen LogP) is 0.123.